The molecule has 0 radical (unpaired) electrons. The second-order valence-electron chi connectivity index (χ2n) is 7.34. The predicted molar refractivity (Wildman–Crippen MR) is 102 cm³/mol. The molecule has 1 aromatic heterocycles. The minimum atomic E-state index is -0.670. The highest BCUT2D eigenvalue weighted by Gasteiger charge is 2.26. The molecule has 6 heteroatoms. The second-order valence-corrected chi connectivity index (χ2v) is 7.34. The van der Waals surface area contributed by atoms with Gasteiger partial charge in [-0.05, 0) is 44.9 Å². The average Bonchev–Trinajstić information content (AvgIpc) is 2.59. The molecule has 2 aromatic rings. The number of phenolic OH excluding ortho intramolecular Hbond substituents is 1. The van der Waals surface area contributed by atoms with E-state index in [9.17, 15) is 19.8 Å². The Morgan fingerprint density at radius 1 is 1.19 bits per heavy atom. The van der Waals surface area contributed by atoms with Crippen molar-refractivity contribution >= 4 is 22.5 Å². The maximum absolute atomic E-state index is 12.6. The molecule has 0 aliphatic carbocycles. The Morgan fingerprint density at radius 3 is 2.44 bits per heavy atom. The summed E-state index contributed by atoms with van der Waals surface area (Å²) in [7, 11) is 0. The molecule has 144 valence electrons. The number of fused-ring (bicyclic) bond motifs is 1. The molecule has 2 heterocycles. The summed E-state index contributed by atoms with van der Waals surface area (Å²) in [6.07, 6.45) is 0.581. The van der Waals surface area contributed by atoms with Gasteiger partial charge in [-0.1, -0.05) is 6.92 Å². The van der Waals surface area contributed by atoms with Crippen LogP contribution in [-0.2, 0) is 9.53 Å². The average molecular weight is 372 g/mol. The fourth-order valence-corrected chi connectivity index (χ4v) is 3.59. The van der Waals surface area contributed by atoms with Crippen LogP contribution in [0.4, 0.5) is 0 Å². The molecule has 2 N–H and O–H groups in total. The number of carbonyl (C=O) groups is 1. The van der Waals surface area contributed by atoms with E-state index in [-0.39, 0.29) is 46.9 Å². The van der Waals surface area contributed by atoms with E-state index >= 15 is 0 Å². The molecule has 0 unspecified atom stereocenters. The normalized spacial score (nSPS) is 19.6. The second kappa shape index (κ2) is 6.85. The van der Waals surface area contributed by atoms with E-state index in [0.717, 1.165) is 0 Å². The summed E-state index contributed by atoms with van der Waals surface area (Å²) in [6.45, 7) is 8.71. The van der Waals surface area contributed by atoms with Gasteiger partial charge >= 0.3 is 5.63 Å². The molecule has 3 atom stereocenters. The summed E-state index contributed by atoms with van der Waals surface area (Å²) in [5, 5.41) is 21.2. The van der Waals surface area contributed by atoms with Crippen LogP contribution in [0.2, 0.25) is 0 Å². The van der Waals surface area contributed by atoms with Gasteiger partial charge in [0.2, 0.25) is 0 Å². The number of hydrogen-bond donors (Lipinski definition) is 2. The van der Waals surface area contributed by atoms with Crippen LogP contribution in [0.1, 0.15) is 55.4 Å². The van der Waals surface area contributed by atoms with Gasteiger partial charge in [0.1, 0.15) is 28.8 Å². The summed E-state index contributed by atoms with van der Waals surface area (Å²) >= 11 is 0. The number of rotatable bonds is 3. The number of aliphatic hydroxyl groups is 1. The minimum Gasteiger partial charge on any atom is -0.507 e. The summed E-state index contributed by atoms with van der Waals surface area (Å²) in [5.74, 6) is -0.188. The highest BCUT2D eigenvalue weighted by atomic mass is 16.5. The number of carbonyl (C=O) groups excluding carboxylic acids is 1. The molecule has 0 saturated heterocycles. The standard InChI is InChI=1S/C21H24O6/c1-9-6-14(23)7-17(26-9)15-8-16-18(10(2)13(5)22)11(3)19(24)12(4)20(16)27-21(15)25/h7-10,13,22,24H,6H2,1-5H3/t9-,10-,13+/m1/s1. The van der Waals surface area contributed by atoms with Crippen LogP contribution in [0.5, 0.6) is 5.75 Å². The summed E-state index contributed by atoms with van der Waals surface area (Å²) in [4.78, 5) is 24.5. The summed E-state index contributed by atoms with van der Waals surface area (Å²) in [6, 6.07) is 1.63. The van der Waals surface area contributed by atoms with Gasteiger partial charge in [0.15, 0.2) is 5.78 Å². The van der Waals surface area contributed by atoms with Gasteiger partial charge in [0.25, 0.3) is 0 Å². The van der Waals surface area contributed by atoms with Crippen LogP contribution in [0, 0.1) is 13.8 Å². The fourth-order valence-electron chi connectivity index (χ4n) is 3.59. The van der Waals surface area contributed by atoms with Crippen LogP contribution in [-0.4, -0.2) is 28.2 Å². The smallest absolute Gasteiger partial charge is 0.347 e. The van der Waals surface area contributed by atoms with Gasteiger partial charge in [-0.2, -0.15) is 0 Å². The van der Waals surface area contributed by atoms with Crippen molar-refractivity contribution in [2.45, 2.75) is 59.2 Å². The Kier molecular flexibility index (Phi) is 4.86. The Bertz CT molecular complexity index is 1010. The van der Waals surface area contributed by atoms with Crippen LogP contribution in [0.15, 0.2) is 21.4 Å². The molecule has 27 heavy (non-hydrogen) atoms. The Hall–Kier alpha value is -2.60. The van der Waals surface area contributed by atoms with E-state index in [1.807, 2.05) is 6.92 Å². The van der Waals surface area contributed by atoms with Crippen LogP contribution in [0.25, 0.3) is 16.7 Å². The monoisotopic (exact) mass is 372 g/mol. The van der Waals surface area contributed by atoms with E-state index < -0.39 is 11.7 Å². The number of aliphatic hydroxyl groups excluding tert-OH is 1. The number of aromatic hydroxyl groups is 1. The van der Waals surface area contributed by atoms with Crippen LogP contribution < -0.4 is 5.63 Å². The van der Waals surface area contributed by atoms with Gasteiger partial charge in [-0.3, -0.25) is 4.79 Å². The molecule has 0 amide bonds. The topological polar surface area (TPSA) is 97.0 Å². The molecule has 0 bridgehead atoms. The Balaban J connectivity index is 2.36. The molecule has 0 saturated carbocycles. The van der Waals surface area contributed by atoms with Crippen molar-refractivity contribution in [2.24, 2.45) is 0 Å². The number of aryl methyl sites for hydroxylation is 1. The summed E-state index contributed by atoms with van der Waals surface area (Å²) in [5.41, 5.74) is 1.56. The van der Waals surface area contributed by atoms with E-state index in [0.29, 0.717) is 22.1 Å². The number of ketones is 1. The zero-order chi connectivity index (χ0) is 20.0. The molecular formula is C21H24O6. The highest BCUT2D eigenvalue weighted by Crippen LogP contribution is 2.39. The molecule has 0 spiro atoms. The zero-order valence-corrected chi connectivity index (χ0v) is 16.1. The first-order chi connectivity index (χ1) is 12.6. The van der Waals surface area contributed by atoms with Crippen molar-refractivity contribution in [3.63, 3.8) is 0 Å². The van der Waals surface area contributed by atoms with Crippen molar-refractivity contribution in [1.29, 1.82) is 0 Å². The van der Waals surface area contributed by atoms with E-state index in [1.165, 1.54) is 6.08 Å². The third kappa shape index (κ3) is 3.25. The molecule has 1 aliphatic heterocycles. The largest absolute Gasteiger partial charge is 0.507 e. The fraction of sp³-hybridized carbons (Fsp3) is 0.429. The first-order valence-electron chi connectivity index (χ1n) is 9.01. The van der Waals surface area contributed by atoms with Gasteiger partial charge in [0, 0.05) is 29.4 Å². The number of phenols is 1. The molecule has 1 aliphatic rings. The zero-order valence-electron chi connectivity index (χ0n) is 16.1. The van der Waals surface area contributed by atoms with E-state index in [1.54, 1.807) is 33.8 Å². The lowest BCUT2D eigenvalue weighted by atomic mass is 9.87. The van der Waals surface area contributed by atoms with Gasteiger partial charge < -0.3 is 19.4 Å². The lowest BCUT2D eigenvalue weighted by molar-refractivity contribution is -0.117. The quantitative estimate of drug-likeness (QED) is 0.802. The molecule has 0 fully saturated rings. The third-order valence-electron chi connectivity index (χ3n) is 5.25. The van der Waals surface area contributed by atoms with Crippen LogP contribution >= 0.6 is 0 Å². The first kappa shape index (κ1) is 19.2. The van der Waals surface area contributed by atoms with Crippen LogP contribution in [0.3, 0.4) is 0 Å². The lowest BCUT2D eigenvalue weighted by Crippen LogP contribution is -2.21. The number of allylic oxidation sites excluding steroid dienone is 1. The minimum absolute atomic E-state index is 0.0397. The Labute approximate surface area is 157 Å². The number of benzene rings is 1. The van der Waals surface area contributed by atoms with Gasteiger partial charge in [-0.15, -0.1) is 0 Å². The van der Waals surface area contributed by atoms with Crippen molar-refractivity contribution in [1.82, 2.24) is 0 Å². The van der Waals surface area contributed by atoms with E-state index in [2.05, 4.69) is 0 Å². The van der Waals surface area contributed by atoms with Crippen molar-refractivity contribution in [2.75, 3.05) is 0 Å². The number of hydrogen-bond acceptors (Lipinski definition) is 6. The lowest BCUT2D eigenvalue weighted by Gasteiger charge is -2.23. The number of ether oxygens (including phenoxy) is 1. The van der Waals surface area contributed by atoms with Crippen molar-refractivity contribution in [3.8, 4) is 5.75 Å². The Morgan fingerprint density at radius 2 is 1.85 bits per heavy atom. The van der Waals surface area contributed by atoms with Gasteiger partial charge in [0.05, 0.1) is 6.10 Å². The molecule has 1 aromatic carbocycles. The SMILES string of the molecule is Cc1c(O)c(C)c2oc(=O)c(C3=CC(=O)C[C@@H](C)O3)cc2c1[C@H](C)[C@H](C)O. The molecule has 6 nitrogen and oxygen atoms in total. The summed E-state index contributed by atoms with van der Waals surface area (Å²) < 4.78 is 11.2. The maximum atomic E-state index is 12.6. The van der Waals surface area contributed by atoms with E-state index in [4.69, 9.17) is 9.15 Å². The highest BCUT2D eigenvalue weighted by molar-refractivity contribution is 5.98. The predicted octanol–water partition coefficient (Wildman–Crippen LogP) is 3.32. The maximum Gasteiger partial charge on any atom is 0.347 e. The van der Waals surface area contributed by atoms with Gasteiger partial charge in [-0.25, -0.2) is 4.79 Å². The molecule has 3 rings (SSSR count). The van der Waals surface area contributed by atoms with Crippen molar-refractivity contribution < 1.29 is 24.2 Å². The first-order valence-corrected chi connectivity index (χ1v) is 9.01. The van der Waals surface area contributed by atoms with Crippen molar-refractivity contribution in [3.05, 3.63) is 44.8 Å². The third-order valence-corrected chi connectivity index (χ3v) is 5.25. The molecular weight excluding hydrogens is 348 g/mol.